The van der Waals surface area contributed by atoms with Crippen LogP contribution < -0.4 is 21.8 Å². The summed E-state index contributed by atoms with van der Waals surface area (Å²) in [6.07, 6.45) is 10.6. The molecule has 34 heavy (non-hydrogen) atoms. The topological polar surface area (TPSA) is 154 Å². The van der Waals surface area contributed by atoms with Crippen LogP contribution in [0.4, 0.5) is 5.95 Å². The van der Waals surface area contributed by atoms with Crippen molar-refractivity contribution in [2.75, 3.05) is 5.32 Å². The van der Waals surface area contributed by atoms with Gasteiger partial charge in [-0.25, -0.2) is 14.8 Å². The molecule has 0 saturated heterocycles. The van der Waals surface area contributed by atoms with Crippen molar-refractivity contribution in [1.82, 2.24) is 39.1 Å². The van der Waals surface area contributed by atoms with E-state index in [4.69, 9.17) is 0 Å². The molecule has 170 valence electrons. The second-order valence-electron chi connectivity index (χ2n) is 7.98. The van der Waals surface area contributed by atoms with Gasteiger partial charge < -0.3 is 20.0 Å². The number of nitrogens with zero attached hydrogens (tertiary/aromatic N) is 7. The minimum atomic E-state index is -0.502. The average Bonchev–Trinajstić information content (AvgIpc) is 3.20. The smallest absolute Gasteiger partial charge is 0.326 e. The zero-order valence-corrected chi connectivity index (χ0v) is 17.9. The number of aromatic amines is 2. The van der Waals surface area contributed by atoms with Crippen LogP contribution in [0.2, 0.25) is 0 Å². The molecule has 1 aliphatic rings. The Labute approximate surface area is 191 Å². The Hall–Kier alpha value is -4.74. The number of nitrogens with one attached hydrogen (secondary N) is 3. The van der Waals surface area contributed by atoms with E-state index in [1.54, 1.807) is 29.3 Å². The van der Waals surface area contributed by atoms with E-state index in [-0.39, 0.29) is 17.6 Å². The number of hydrogen-bond acceptors (Lipinski definition) is 8. The molecule has 0 aliphatic heterocycles. The number of aromatic nitrogens is 8. The summed E-state index contributed by atoms with van der Waals surface area (Å²) in [6, 6.07) is 8.23. The van der Waals surface area contributed by atoms with Gasteiger partial charge >= 0.3 is 5.69 Å². The van der Waals surface area contributed by atoms with Crippen molar-refractivity contribution in [3.8, 4) is 11.6 Å². The van der Waals surface area contributed by atoms with Gasteiger partial charge in [0.15, 0.2) is 5.65 Å². The lowest BCUT2D eigenvalue weighted by atomic mass is 10.1. The third kappa shape index (κ3) is 3.81. The summed E-state index contributed by atoms with van der Waals surface area (Å²) >= 11 is 0. The van der Waals surface area contributed by atoms with Crippen LogP contribution >= 0.6 is 0 Å². The van der Waals surface area contributed by atoms with Crippen LogP contribution in [0.1, 0.15) is 24.1 Å². The number of benzene rings is 1. The molecular weight excluding hydrogens is 436 g/mol. The van der Waals surface area contributed by atoms with Gasteiger partial charge in [0, 0.05) is 24.2 Å². The first-order chi connectivity index (χ1) is 16.6. The summed E-state index contributed by atoms with van der Waals surface area (Å²) in [6.45, 7) is 0.479. The summed E-state index contributed by atoms with van der Waals surface area (Å²) < 4.78 is 3.51. The van der Waals surface area contributed by atoms with Crippen molar-refractivity contribution in [1.29, 1.82) is 0 Å². The normalized spacial score (nSPS) is 14.8. The molecule has 6 rings (SSSR count). The Morgan fingerprint density at radius 3 is 2.88 bits per heavy atom. The van der Waals surface area contributed by atoms with E-state index in [0.29, 0.717) is 29.0 Å². The standard InChI is InChI=1S/C22H20N10O2/c33-19-16(27-22(34)29-19)9-14-11-25-32-18(14)28-20(30-21(32)26-15-5-6-15)24-10-13-3-1-2-4-17(13)31-8-7-23-12-31/h1-4,7-9,11-12,15,33H,5-6,10H2,(H,24,26,30)(H2,27,29,34)/b14-9+. The molecule has 1 fully saturated rings. The van der Waals surface area contributed by atoms with E-state index in [9.17, 15) is 9.90 Å². The minimum absolute atomic E-state index is 0.231. The van der Waals surface area contributed by atoms with Gasteiger partial charge in [-0.3, -0.25) is 4.98 Å². The number of aromatic hydroxyl groups is 1. The summed E-state index contributed by atoms with van der Waals surface area (Å²) in [5.41, 5.74) is 2.73. The Morgan fingerprint density at radius 1 is 1.24 bits per heavy atom. The highest BCUT2D eigenvalue weighted by Gasteiger charge is 2.21. The molecule has 0 radical (unpaired) electrons. The Morgan fingerprint density at radius 2 is 2.12 bits per heavy atom. The largest absolute Gasteiger partial charge is 0.493 e. The third-order valence-corrected chi connectivity index (χ3v) is 5.47. The molecule has 0 atom stereocenters. The molecule has 0 amide bonds. The lowest BCUT2D eigenvalue weighted by Crippen LogP contribution is -2.25. The SMILES string of the molecule is O=c1[nH]c(O)c(/C=c2\cnn3c(=NC4CC4)nc(NCc4ccccc4-n4ccnc4)nc23)[nH]1. The fourth-order valence-corrected chi connectivity index (χ4v) is 3.65. The van der Waals surface area contributed by atoms with Gasteiger partial charge in [0.25, 0.3) is 5.62 Å². The van der Waals surface area contributed by atoms with Crippen LogP contribution in [-0.4, -0.2) is 50.2 Å². The molecule has 5 aromatic rings. The van der Waals surface area contributed by atoms with Gasteiger partial charge in [-0.05, 0) is 30.5 Å². The van der Waals surface area contributed by atoms with E-state index >= 15 is 0 Å². The number of imidazole rings is 2. The first kappa shape index (κ1) is 19.9. The van der Waals surface area contributed by atoms with Crippen molar-refractivity contribution >= 4 is 17.7 Å². The lowest BCUT2D eigenvalue weighted by molar-refractivity contribution is 0.454. The van der Waals surface area contributed by atoms with Crippen molar-refractivity contribution in [3.05, 3.63) is 81.8 Å². The molecule has 4 aromatic heterocycles. The zero-order chi connectivity index (χ0) is 23.1. The van der Waals surface area contributed by atoms with Gasteiger partial charge in [0.2, 0.25) is 11.8 Å². The third-order valence-electron chi connectivity index (χ3n) is 5.47. The van der Waals surface area contributed by atoms with Gasteiger partial charge in [0.05, 0.1) is 24.3 Å². The van der Waals surface area contributed by atoms with E-state index in [1.165, 1.54) is 0 Å². The second kappa shape index (κ2) is 7.99. The molecule has 1 aromatic carbocycles. The summed E-state index contributed by atoms with van der Waals surface area (Å²) in [4.78, 5) is 34.4. The number of hydrogen-bond donors (Lipinski definition) is 4. The maximum atomic E-state index is 11.5. The molecule has 0 unspecified atom stereocenters. The van der Waals surface area contributed by atoms with E-state index in [1.807, 2.05) is 35.0 Å². The van der Waals surface area contributed by atoms with Gasteiger partial charge in [-0.1, -0.05) is 18.2 Å². The van der Waals surface area contributed by atoms with Crippen molar-refractivity contribution in [3.63, 3.8) is 0 Å². The monoisotopic (exact) mass is 456 g/mol. The van der Waals surface area contributed by atoms with Gasteiger partial charge in [0.1, 0.15) is 5.69 Å². The molecule has 12 nitrogen and oxygen atoms in total. The van der Waals surface area contributed by atoms with Crippen molar-refractivity contribution in [2.24, 2.45) is 4.99 Å². The molecule has 0 bridgehead atoms. The number of fused-ring (bicyclic) bond motifs is 1. The molecule has 1 saturated carbocycles. The quantitative estimate of drug-likeness (QED) is 0.286. The molecule has 12 heteroatoms. The molecule has 4 heterocycles. The predicted molar refractivity (Wildman–Crippen MR) is 122 cm³/mol. The highest BCUT2D eigenvalue weighted by atomic mass is 16.3. The maximum absolute atomic E-state index is 11.5. The zero-order valence-electron chi connectivity index (χ0n) is 17.9. The van der Waals surface area contributed by atoms with Crippen LogP contribution in [0.3, 0.4) is 0 Å². The minimum Gasteiger partial charge on any atom is -0.493 e. The maximum Gasteiger partial charge on any atom is 0.326 e. The number of anilines is 1. The Balaban J connectivity index is 1.41. The van der Waals surface area contributed by atoms with Crippen molar-refractivity contribution < 1.29 is 5.11 Å². The Kier molecular flexibility index (Phi) is 4.68. The Bertz CT molecular complexity index is 1660. The van der Waals surface area contributed by atoms with E-state index < -0.39 is 5.69 Å². The van der Waals surface area contributed by atoms with Crippen LogP contribution in [-0.2, 0) is 6.54 Å². The lowest BCUT2D eigenvalue weighted by Gasteiger charge is -2.11. The van der Waals surface area contributed by atoms with E-state index in [2.05, 4.69) is 40.3 Å². The highest BCUT2D eigenvalue weighted by molar-refractivity contribution is 5.57. The summed E-state index contributed by atoms with van der Waals surface area (Å²) in [7, 11) is 0. The van der Waals surface area contributed by atoms with Crippen LogP contribution in [0.5, 0.6) is 5.88 Å². The van der Waals surface area contributed by atoms with Crippen LogP contribution in [0, 0.1) is 0 Å². The molecule has 4 N–H and O–H groups in total. The van der Waals surface area contributed by atoms with Gasteiger partial charge in [-0.15, -0.1) is 0 Å². The van der Waals surface area contributed by atoms with Gasteiger partial charge in [-0.2, -0.15) is 19.6 Å². The molecular formula is C22H20N10O2. The first-order valence-corrected chi connectivity index (χ1v) is 10.8. The average molecular weight is 456 g/mol. The molecule has 1 aliphatic carbocycles. The second-order valence-corrected chi connectivity index (χ2v) is 7.98. The number of para-hydroxylation sites is 1. The number of H-pyrrole nitrogens is 2. The van der Waals surface area contributed by atoms with Crippen LogP contribution in [0.15, 0.2) is 59.0 Å². The fraction of sp³-hybridized carbons (Fsp3) is 0.182. The van der Waals surface area contributed by atoms with Crippen molar-refractivity contribution in [2.45, 2.75) is 25.4 Å². The van der Waals surface area contributed by atoms with Crippen LogP contribution in [0.25, 0.3) is 17.4 Å². The van der Waals surface area contributed by atoms with E-state index in [0.717, 1.165) is 24.1 Å². The summed E-state index contributed by atoms with van der Waals surface area (Å²) in [5, 5.41) is 18.2. The molecule has 0 spiro atoms. The first-order valence-electron chi connectivity index (χ1n) is 10.8. The highest BCUT2D eigenvalue weighted by Crippen LogP contribution is 2.22. The number of rotatable bonds is 6. The fourth-order valence-electron chi connectivity index (χ4n) is 3.65. The predicted octanol–water partition coefficient (Wildman–Crippen LogP) is 0.255. The summed E-state index contributed by atoms with van der Waals surface area (Å²) in [5.74, 6) is 0.144.